The second-order valence-corrected chi connectivity index (χ2v) is 8.52. The molecule has 27 heavy (non-hydrogen) atoms. The first-order chi connectivity index (χ1) is 12.6. The van der Waals surface area contributed by atoms with E-state index >= 15 is 0 Å². The van der Waals surface area contributed by atoms with E-state index in [4.69, 9.17) is 4.18 Å². The maximum Gasteiger partial charge on any atom is 1.00 e. The number of hydrogen-bond acceptors (Lipinski definition) is 3. The van der Waals surface area contributed by atoms with E-state index < -0.39 is 10.1 Å². The molecule has 2 aromatic carbocycles. The van der Waals surface area contributed by atoms with Crippen LogP contribution in [0.1, 0.15) is 72.6 Å². The molecule has 3 nitrogen and oxygen atoms in total. The molecule has 0 atom stereocenters. The fourth-order valence-corrected chi connectivity index (χ4v) is 4.40. The quantitative estimate of drug-likeness (QED) is 0.285. The second kappa shape index (κ2) is 14.3. The van der Waals surface area contributed by atoms with Crippen molar-refractivity contribution in [3.8, 4) is 0 Å². The first kappa shape index (κ1) is 25.3. The maximum atomic E-state index is 12.5. The van der Waals surface area contributed by atoms with Gasteiger partial charge in [0.2, 0.25) is 0 Å². The number of fused-ring (bicyclic) bond motifs is 1. The normalized spacial score (nSPS) is 11.4. The minimum atomic E-state index is -3.70. The molecule has 146 valence electrons. The summed E-state index contributed by atoms with van der Waals surface area (Å²) in [5.41, 5.74) is 0. The van der Waals surface area contributed by atoms with Gasteiger partial charge in [-0.05, 0) is 17.9 Å². The molecule has 0 aliphatic carbocycles. The van der Waals surface area contributed by atoms with E-state index in [2.05, 4.69) is 6.92 Å². The third kappa shape index (κ3) is 9.07. The minimum absolute atomic E-state index is 0. The maximum absolute atomic E-state index is 12.5. The Labute approximate surface area is 209 Å². The molecule has 0 N–H and O–H groups in total. The molecule has 0 saturated heterocycles. The van der Waals surface area contributed by atoms with E-state index in [0.29, 0.717) is 0 Å². The topological polar surface area (TPSA) is 43.4 Å². The van der Waals surface area contributed by atoms with Crippen LogP contribution >= 0.6 is 0 Å². The fourth-order valence-electron chi connectivity index (χ4n) is 3.24. The van der Waals surface area contributed by atoms with E-state index in [1.807, 2.05) is 30.3 Å². The van der Waals surface area contributed by atoms with Gasteiger partial charge in [0.05, 0.1) is 6.61 Å². The van der Waals surface area contributed by atoms with Crippen LogP contribution in [0.3, 0.4) is 0 Å². The molecule has 5 heteroatoms. The third-order valence-electron chi connectivity index (χ3n) is 4.76. The smallest absolute Gasteiger partial charge is 1.00 e. The van der Waals surface area contributed by atoms with Crippen LogP contribution in [0.4, 0.5) is 0 Å². The third-order valence-corrected chi connectivity index (χ3v) is 6.13. The van der Waals surface area contributed by atoms with Crippen LogP contribution in [0.25, 0.3) is 10.8 Å². The molecule has 0 heterocycles. The average molecular weight is 417 g/mol. The molecule has 0 amide bonds. The summed E-state index contributed by atoms with van der Waals surface area (Å²) in [6.07, 6.45) is 12.2. The van der Waals surface area contributed by atoms with E-state index in [1.165, 1.54) is 44.9 Å². The Kier molecular flexibility index (Phi) is 13.4. The zero-order valence-corrected chi connectivity index (χ0v) is 20.9. The van der Waals surface area contributed by atoms with Crippen molar-refractivity contribution in [1.29, 1.82) is 0 Å². The summed E-state index contributed by atoms with van der Waals surface area (Å²) in [4.78, 5) is 0.266. The first-order valence-electron chi connectivity index (χ1n) is 10.0. The molecule has 0 radical (unpaired) electrons. The van der Waals surface area contributed by atoms with Gasteiger partial charge in [0.25, 0.3) is 10.1 Å². The molecule has 0 saturated carbocycles. The number of unbranched alkanes of at least 4 members (excludes halogenated alkanes) is 9. The zero-order valence-electron chi connectivity index (χ0n) is 18.0. The van der Waals surface area contributed by atoms with Crippen LogP contribution in [-0.4, -0.2) is 15.0 Å². The van der Waals surface area contributed by atoms with Gasteiger partial charge in [-0.1, -0.05) is 101 Å². The Morgan fingerprint density at radius 1 is 0.778 bits per heavy atom. The Hall–Kier alpha value is 0.246. The van der Waals surface area contributed by atoms with Gasteiger partial charge >= 0.3 is 51.4 Å². The van der Waals surface area contributed by atoms with Gasteiger partial charge in [-0.2, -0.15) is 8.42 Å². The molecule has 0 fully saturated rings. The summed E-state index contributed by atoms with van der Waals surface area (Å²) in [7, 11) is -3.70. The van der Waals surface area contributed by atoms with Gasteiger partial charge in [0.15, 0.2) is 0 Å². The number of benzene rings is 2. The SMILES string of the molecule is CCCCCCCCCCCCOS(=O)(=O)c1cccc2ccccc12.[H-].[K+]. The van der Waals surface area contributed by atoms with Crippen LogP contribution in [0.2, 0.25) is 0 Å². The van der Waals surface area contributed by atoms with E-state index in [9.17, 15) is 8.42 Å². The van der Waals surface area contributed by atoms with Crippen LogP contribution in [-0.2, 0) is 14.3 Å². The molecular formula is C22H33KO3S. The molecule has 2 rings (SSSR count). The van der Waals surface area contributed by atoms with Crippen molar-refractivity contribution in [1.82, 2.24) is 0 Å². The van der Waals surface area contributed by atoms with Crippen molar-refractivity contribution >= 4 is 20.9 Å². The van der Waals surface area contributed by atoms with Crippen molar-refractivity contribution in [3.05, 3.63) is 42.5 Å². The van der Waals surface area contributed by atoms with E-state index in [-0.39, 0.29) is 64.3 Å². The van der Waals surface area contributed by atoms with Crippen LogP contribution in [0.15, 0.2) is 47.4 Å². The molecule has 0 spiro atoms. The van der Waals surface area contributed by atoms with Crippen LogP contribution < -0.4 is 51.4 Å². The summed E-state index contributed by atoms with van der Waals surface area (Å²) >= 11 is 0. The van der Waals surface area contributed by atoms with Crippen molar-refractivity contribution in [2.75, 3.05) is 6.61 Å². The summed E-state index contributed by atoms with van der Waals surface area (Å²) in [6, 6.07) is 12.8. The van der Waals surface area contributed by atoms with Crippen molar-refractivity contribution in [3.63, 3.8) is 0 Å². The van der Waals surface area contributed by atoms with Gasteiger partial charge < -0.3 is 1.43 Å². The predicted octanol–water partition coefficient (Wildman–Crippen LogP) is 3.58. The van der Waals surface area contributed by atoms with E-state index in [0.717, 1.165) is 30.0 Å². The van der Waals surface area contributed by atoms with Gasteiger partial charge in [0.1, 0.15) is 4.90 Å². The number of rotatable bonds is 13. The van der Waals surface area contributed by atoms with Crippen molar-refractivity contribution < 1.29 is 65.4 Å². The van der Waals surface area contributed by atoms with E-state index in [1.54, 1.807) is 12.1 Å². The van der Waals surface area contributed by atoms with Gasteiger partial charge in [-0.25, -0.2) is 0 Å². The predicted molar refractivity (Wildman–Crippen MR) is 110 cm³/mol. The van der Waals surface area contributed by atoms with Crippen LogP contribution in [0, 0.1) is 0 Å². The fraction of sp³-hybridized carbons (Fsp3) is 0.545. The van der Waals surface area contributed by atoms with Gasteiger partial charge in [-0.3, -0.25) is 4.18 Å². The summed E-state index contributed by atoms with van der Waals surface area (Å²) in [5.74, 6) is 0. The zero-order chi connectivity index (χ0) is 18.7. The molecule has 0 unspecified atom stereocenters. The summed E-state index contributed by atoms with van der Waals surface area (Å²) in [5, 5.41) is 1.63. The molecule has 0 aromatic heterocycles. The van der Waals surface area contributed by atoms with Crippen LogP contribution in [0.5, 0.6) is 0 Å². The Balaban J connectivity index is 0.00000364. The standard InChI is InChI=1S/C22H32O3S.K.H/c1-2-3-4-5-6-7-8-9-10-13-19-25-26(23,24)22-18-14-16-20-15-11-12-17-21(20)22;;/h11-12,14-18H,2-10,13,19H2,1H3;;/q;+1;-1. The summed E-state index contributed by atoms with van der Waals surface area (Å²) in [6.45, 7) is 2.50. The molecule has 2 aromatic rings. The first-order valence-corrected chi connectivity index (χ1v) is 11.4. The minimum Gasteiger partial charge on any atom is -1.00 e. The molecule has 0 bridgehead atoms. The number of hydrogen-bond donors (Lipinski definition) is 0. The second-order valence-electron chi connectivity index (χ2n) is 6.94. The van der Waals surface area contributed by atoms with Gasteiger partial charge in [0, 0.05) is 5.39 Å². The van der Waals surface area contributed by atoms with Crippen molar-refractivity contribution in [2.45, 2.75) is 76.0 Å². The molecular weight excluding hydrogens is 383 g/mol. The summed E-state index contributed by atoms with van der Waals surface area (Å²) < 4.78 is 30.2. The molecule has 0 aliphatic rings. The van der Waals surface area contributed by atoms with Gasteiger partial charge in [-0.15, -0.1) is 0 Å². The van der Waals surface area contributed by atoms with Crippen molar-refractivity contribution in [2.24, 2.45) is 0 Å². The Morgan fingerprint density at radius 2 is 1.33 bits per heavy atom. The largest absolute Gasteiger partial charge is 1.00 e. The molecule has 0 aliphatic heterocycles. The Morgan fingerprint density at radius 3 is 2.00 bits per heavy atom. The Bertz CT molecular complexity index is 760. The average Bonchev–Trinajstić information content (AvgIpc) is 2.65. The monoisotopic (exact) mass is 416 g/mol.